The van der Waals surface area contributed by atoms with Gasteiger partial charge in [-0.25, -0.2) is 0 Å². The third-order valence-corrected chi connectivity index (χ3v) is 1.16. The van der Waals surface area contributed by atoms with E-state index in [0.717, 1.165) is 0 Å². The van der Waals surface area contributed by atoms with Gasteiger partial charge in [-0.2, -0.15) is 0 Å². The van der Waals surface area contributed by atoms with Crippen LogP contribution in [-0.2, 0) is 9.59 Å². The van der Waals surface area contributed by atoms with Gasteiger partial charge in [-0.05, 0) is 37.8 Å². The summed E-state index contributed by atoms with van der Waals surface area (Å²) < 4.78 is 0. The third-order valence-electron chi connectivity index (χ3n) is 1.16. The van der Waals surface area contributed by atoms with Crippen LogP contribution in [0.3, 0.4) is 0 Å². The Morgan fingerprint density at radius 2 is 1.17 bits per heavy atom. The second-order valence-electron chi connectivity index (χ2n) is 1.94. The Morgan fingerprint density at radius 1 is 0.917 bits per heavy atom. The van der Waals surface area contributed by atoms with Gasteiger partial charge < -0.3 is 10.8 Å². The lowest BCUT2D eigenvalue weighted by Crippen LogP contribution is -1.77. The first-order valence-electron chi connectivity index (χ1n) is 3.51. The predicted octanol–water partition coefficient (Wildman–Crippen LogP) is 1.90. The number of hydrogen-bond donors (Lipinski definition) is 0. The Kier molecular flexibility index (Phi) is 17.8. The first-order valence-corrected chi connectivity index (χ1v) is 3.51. The summed E-state index contributed by atoms with van der Waals surface area (Å²) in [6.45, 7) is 0. The Morgan fingerprint density at radius 3 is 1.25 bits per heavy atom. The van der Waals surface area contributed by atoms with Crippen molar-refractivity contribution >= 4 is 12.2 Å². The summed E-state index contributed by atoms with van der Waals surface area (Å²) >= 11 is 0. The lowest BCUT2D eigenvalue weighted by atomic mass is 10.1. The highest BCUT2D eigenvalue weighted by Gasteiger charge is 1.87. The molecule has 1 rings (SSSR count). The Hall–Kier alpha value is -1.50. The first-order chi connectivity index (χ1) is 5.83. The SMILES string of the molecule is C1=CCCCC1.[N-]=C=O.[N-]=C=O. The summed E-state index contributed by atoms with van der Waals surface area (Å²) in [6.07, 6.45) is 11.0. The second kappa shape index (κ2) is 16.2. The van der Waals surface area contributed by atoms with E-state index in [0.29, 0.717) is 12.2 Å². The Labute approximate surface area is 71.3 Å². The minimum absolute atomic E-state index is 0.500. The number of nitrogens with zero attached hydrogens (tertiary/aromatic N) is 2. The second-order valence-corrected chi connectivity index (χ2v) is 1.94. The number of isocyanates is 2. The molecular formula is C8H10N2O2-2. The van der Waals surface area contributed by atoms with Crippen LogP contribution in [0.25, 0.3) is 10.8 Å². The molecule has 0 aromatic rings. The molecule has 0 atom stereocenters. The highest BCUT2D eigenvalue weighted by molar-refractivity contribution is 5.37. The number of hydrogen-bond acceptors (Lipinski definition) is 2. The maximum absolute atomic E-state index is 8.24. The van der Waals surface area contributed by atoms with Crippen LogP contribution < -0.4 is 0 Å². The highest BCUT2D eigenvalue weighted by atomic mass is 16.1. The van der Waals surface area contributed by atoms with Gasteiger partial charge in [-0.15, -0.1) is 0 Å². The molecule has 0 N–H and O–H groups in total. The van der Waals surface area contributed by atoms with E-state index < -0.39 is 0 Å². The zero-order valence-corrected chi connectivity index (χ0v) is 6.69. The van der Waals surface area contributed by atoms with Gasteiger partial charge in [0.05, 0.1) is 0 Å². The molecule has 66 valence electrons. The lowest BCUT2D eigenvalue weighted by molar-refractivity contribution is 0.568. The van der Waals surface area contributed by atoms with E-state index in [-0.39, 0.29) is 0 Å². The maximum Gasteiger partial charge on any atom is -0.0159 e. The summed E-state index contributed by atoms with van der Waals surface area (Å²) in [5.74, 6) is 0. The molecule has 12 heavy (non-hydrogen) atoms. The van der Waals surface area contributed by atoms with E-state index in [9.17, 15) is 0 Å². The van der Waals surface area contributed by atoms with Crippen LogP contribution in [0.15, 0.2) is 12.2 Å². The van der Waals surface area contributed by atoms with Gasteiger partial charge in [0, 0.05) is 0 Å². The molecular weight excluding hydrogens is 156 g/mol. The molecule has 0 saturated heterocycles. The molecule has 0 heterocycles. The summed E-state index contributed by atoms with van der Waals surface area (Å²) in [5.41, 5.74) is 0. The summed E-state index contributed by atoms with van der Waals surface area (Å²) in [7, 11) is 0. The normalized spacial score (nSPS) is 12.0. The number of carbonyl (C=O) groups excluding carboxylic acids is 2. The van der Waals surface area contributed by atoms with E-state index in [4.69, 9.17) is 20.4 Å². The molecule has 0 aromatic heterocycles. The molecule has 0 amide bonds. The van der Waals surface area contributed by atoms with Crippen molar-refractivity contribution in [2.45, 2.75) is 25.7 Å². The topological polar surface area (TPSA) is 78.7 Å². The van der Waals surface area contributed by atoms with Crippen LogP contribution in [-0.4, -0.2) is 12.2 Å². The molecule has 0 fully saturated rings. The number of allylic oxidation sites excluding steroid dienone is 2. The zero-order chi connectivity index (χ0) is 9.66. The van der Waals surface area contributed by atoms with Gasteiger partial charge in [-0.3, -0.25) is 9.59 Å². The van der Waals surface area contributed by atoms with E-state index in [1.807, 2.05) is 0 Å². The first kappa shape index (κ1) is 13.1. The summed E-state index contributed by atoms with van der Waals surface area (Å²) in [5, 5.41) is 13.5. The van der Waals surface area contributed by atoms with E-state index in [1.165, 1.54) is 25.7 Å². The van der Waals surface area contributed by atoms with Crippen LogP contribution in [0.1, 0.15) is 25.7 Å². The van der Waals surface area contributed by atoms with E-state index in [1.54, 1.807) is 0 Å². The minimum Gasteiger partial charge on any atom is -0.724 e. The molecule has 0 unspecified atom stereocenters. The van der Waals surface area contributed by atoms with Crippen molar-refractivity contribution in [2.75, 3.05) is 0 Å². The van der Waals surface area contributed by atoms with Crippen LogP contribution in [0.2, 0.25) is 0 Å². The fraction of sp³-hybridized carbons (Fsp3) is 0.500. The van der Waals surface area contributed by atoms with Gasteiger partial charge >= 0.3 is 0 Å². The standard InChI is InChI=1S/C6H10.2CNO/c1-2-4-6-5-3-1;2*2-1-3/h1-2H,3-6H2;;/q;2*-1. The monoisotopic (exact) mass is 166 g/mol. The largest absolute Gasteiger partial charge is 0.724 e. The predicted molar refractivity (Wildman–Crippen MR) is 45.7 cm³/mol. The van der Waals surface area contributed by atoms with Crippen LogP contribution >= 0.6 is 0 Å². The van der Waals surface area contributed by atoms with Crippen molar-refractivity contribution in [1.29, 1.82) is 0 Å². The number of rotatable bonds is 0. The van der Waals surface area contributed by atoms with Gasteiger partial charge in [0.25, 0.3) is 0 Å². The van der Waals surface area contributed by atoms with Crippen LogP contribution in [0, 0.1) is 0 Å². The van der Waals surface area contributed by atoms with Crippen molar-refractivity contribution in [3.63, 3.8) is 0 Å². The van der Waals surface area contributed by atoms with Gasteiger partial charge in [0.15, 0.2) is 0 Å². The van der Waals surface area contributed by atoms with Gasteiger partial charge in [-0.1, -0.05) is 12.2 Å². The van der Waals surface area contributed by atoms with E-state index in [2.05, 4.69) is 12.2 Å². The van der Waals surface area contributed by atoms with Gasteiger partial charge in [0.2, 0.25) is 0 Å². The molecule has 4 nitrogen and oxygen atoms in total. The third kappa shape index (κ3) is 23.6. The van der Waals surface area contributed by atoms with Crippen molar-refractivity contribution in [1.82, 2.24) is 0 Å². The molecule has 0 aromatic carbocycles. The fourth-order valence-electron chi connectivity index (χ4n) is 0.760. The maximum atomic E-state index is 8.24. The van der Waals surface area contributed by atoms with Crippen LogP contribution in [0.5, 0.6) is 0 Å². The zero-order valence-electron chi connectivity index (χ0n) is 6.69. The molecule has 0 bridgehead atoms. The van der Waals surface area contributed by atoms with Crippen molar-refractivity contribution in [3.05, 3.63) is 23.0 Å². The fourth-order valence-corrected chi connectivity index (χ4v) is 0.760. The summed E-state index contributed by atoms with van der Waals surface area (Å²) in [6, 6.07) is 0. The van der Waals surface area contributed by atoms with Gasteiger partial charge in [0.1, 0.15) is 0 Å². The molecule has 1 aliphatic carbocycles. The summed E-state index contributed by atoms with van der Waals surface area (Å²) in [4.78, 5) is 16.5. The average Bonchev–Trinajstić information content (AvgIpc) is 2.10. The lowest BCUT2D eigenvalue weighted by Gasteiger charge is -1.97. The van der Waals surface area contributed by atoms with Crippen molar-refractivity contribution < 1.29 is 9.59 Å². The molecule has 1 aliphatic rings. The molecule has 4 heteroatoms. The highest BCUT2D eigenvalue weighted by Crippen LogP contribution is 2.07. The van der Waals surface area contributed by atoms with Crippen molar-refractivity contribution in [3.8, 4) is 0 Å². The molecule has 0 radical (unpaired) electrons. The quantitative estimate of drug-likeness (QED) is 0.313. The molecule has 0 saturated carbocycles. The molecule has 0 aliphatic heterocycles. The Balaban J connectivity index is 0. The molecule has 0 spiro atoms. The smallest absolute Gasteiger partial charge is 0.0159 e. The van der Waals surface area contributed by atoms with Crippen LogP contribution in [0.4, 0.5) is 0 Å². The minimum atomic E-state index is 0.500. The Bertz CT molecular complexity index is 155. The van der Waals surface area contributed by atoms with E-state index >= 15 is 0 Å². The average molecular weight is 166 g/mol. The van der Waals surface area contributed by atoms with Crippen molar-refractivity contribution in [2.24, 2.45) is 0 Å².